The smallest absolute Gasteiger partial charge is 0.328 e. The van der Waals surface area contributed by atoms with Gasteiger partial charge in [-0.1, -0.05) is 54.6 Å². The van der Waals surface area contributed by atoms with Gasteiger partial charge in [0.05, 0.1) is 11.0 Å². The number of sulfonamides is 1. The number of nitrogens with zero attached hydrogens (tertiary/aromatic N) is 1. The Kier molecular flexibility index (Phi) is 9.26. The lowest BCUT2D eigenvalue weighted by Gasteiger charge is -2.31. The lowest BCUT2D eigenvalue weighted by molar-refractivity contribution is -0.131. The highest BCUT2D eigenvalue weighted by molar-refractivity contribution is 7.89. The topological polar surface area (TPSA) is 107 Å². The number of hydrogen-bond acceptors (Lipinski definition) is 5. The molecule has 0 saturated heterocycles. The molecule has 3 N–H and O–H groups in total. The van der Waals surface area contributed by atoms with Gasteiger partial charge in [0.2, 0.25) is 10.0 Å². The van der Waals surface area contributed by atoms with E-state index in [4.69, 9.17) is 5.11 Å². The van der Waals surface area contributed by atoms with Crippen LogP contribution in [0.2, 0.25) is 0 Å². The highest BCUT2D eigenvalue weighted by Gasteiger charge is 2.29. The van der Waals surface area contributed by atoms with Crippen LogP contribution in [0.1, 0.15) is 37.0 Å². The lowest BCUT2D eigenvalue weighted by Crippen LogP contribution is -2.47. The van der Waals surface area contributed by atoms with Gasteiger partial charge in [0.1, 0.15) is 0 Å². The predicted octanol–water partition coefficient (Wildman–Crippen LogP) is 4.61. The number of likely N-dealkylation sites (N-methyl/N-ethyl adjacent to an activating group) is 1. The van der Waals surface area contributed by atoms with Crippen LogP contribution in [0.25, 0.3) is 17.2 Å². The van der Waals surface area contributed by atoms with Gasteiger partial charge in [0.25, 0.3) is 0 Å². The minimum Gasteiger partial charge on any atom is -0.478 e. The van der Waals surface area contributed by atoms with Gasteiger partial charge in [-0.15, -0.1) is 0 Å². The van der Waals surface area contributed by atoms with Crippen LogP contribution >= 0.6 is 0 Å². The molecule has 0 bridgehead atoms. The number of fused-ring (bicyclic) bond motifs is 1. The van der Waals surface area contributed by atoms with Crippen LogP contribution in [-0.2, 0) is 27.7 Å². The summed E-state index contributed by atoms with van der Waals surface area (Å²) in [5, 5.41) is 23.0. The van der Waals surface area contributed by atoms with Gasteiger partial charge in [-0.3, -0.25) is 0 Å². The van der Waals surface area contributed by atoms with Crippen molar-refractivity contribution in [2.45, 2.75) is 49.6 Å². The average Bonchev–Trinajstić information content (AvgIpc) is 3.32. The Morgan fingerprint density at radius 2 is 1.68 bits per heavy atom. The second-order valence-corrected chi connectivity index (χ2v) is 13.3. The zero-order valence-electron chi connectivity index (χ0n) is 23.2. The largest absolute Gasteiger partial charge is 0.478 e. The number of nitrogens with one attached hydrogen (secondary N) is 1. The molecule has 1 atom stereocenters. The molecule has 0 spiro atoms. The van der Waals surface area contributed by atoms with Gasteiger partial charge in [-0.25, -0.2) is 13.2 Å². The summed E-state index contributed by atoms with van der Waals surface area (Å²) in [5.74, 6) is -0.476. The number of hydrogen-bond donors (Lipinski definition) is 3. The standard InChI is InChI=1S/C32H38N2O5S/c1-32(2,20-24-18-27-8-4-5-9-28(27)19-24)33-21-29(35)22-34(3)40(38,39)30-14-12-25(13-15-30)26-10-6-7-23(17-26)11-16-31(36)37/h4-17,24,29,33,35H,18-22H2,1-3H3,(H,36,37)/t29-/m1/s1. The quantitative estimate of drug-likeness (QED) is 0.279. The van der Waals surface area contributed by atoms with Crippen LogP contribution < -0.4 is 5.32 Å². The Bertz CT molecular complexity index is 1440. The summed E-state index contributed by atoms with van der Waals surface area (Å²) in [5.41, 5.74) is 5.03. The molecule has 7 nitrogen and oxygen atoms in total. The normalized spacial score (nSPS) is 15.0. The van der Waals surface area contributed by atoms with E-state index in [1.165, 1.54) is 28.6 Å². The Labute approximate surface area is 237 Å². The number of aliphatic carboxylic acids is 1. The minimum absolute atomic E-state index is 0.0278. The maximum absolute atomic E-state index is 13.2. The molecule has 0 radical (unpaired) electrons. The second-order valence-electron chi connectivity index (χ2n) is 11.3. The molecular weight excluding hydrogens is 524 g/mol. The predicted molar refractivity (Wildman–Crippen MR) is 158 cm³/mol. The fraction of sp³-hybridized carbons (Fsp3) is 0.344. The number of aliphatic hydroxyl groups excluding tert-OH is 1. The first-order valence-corrected chi connectivity index (χ1v) is 14.9. The number of aliphatic hydroxyl groups is 1. The Morgan fingerprint density at radius 1 is 1.02 bits per heavy atom. The van der Waals surface area contributed by atoms with Crippen molar-refractivity contribution in [3.8, 4) is 11.1 Å². The highest BCUT2D eigenvalue weighted by atomic mass is 32.2. The van der Waals surface area contributed by atoms with E-state index in [0.717, 1.165) is 42.0 Å². The van der Waals surface area contributed by atoms with Crippen molar-refractivity contribution in [2.75, 3.05) is 20.1 Å². The summed E-state index contributed by atoms with van der Waals surface area (Å²) in [4.78, 5) is 10.9. The van der Waals surface area contributed by atoms with E-state index in [-0.39, 0.29) is 23.5 Å². The highest BCUT2D eigenvalue weighted by Crippen LogP contribution is 2.32. The molecule has 3 aromatic rings. The van der Waals surface area contributed by atoms with E-state index in [1.807, 2.05) is 18.2 Å². The third-order valence-corrected chi connectivity index (χ3v) is 9.26. The van der Waals surface area contributed by atoms with Crippen molar-refractivity contribution >= 4 is 22.1 Å². The second kappa shape index (κ2) is 12.5. The molecule has 8 heteroatoms. The lowest BCUT2D eigenvalue weighted by atomic mass is 9.88. The number of β-amino-alcohol motifs (C(OH)–C–C–N with tert-alkyl or cyclic N) is 1. The zero-order chi connectivity index (χ0) is 28.9. The van der Waals surface area contributed by atoms with E-state index in [9.17, 15) is 18.3 Å². The molecule has 0 unspecified atom stereocenters. The van der Waals surface area contributed by atoms with Crippen LogP contribution in [0.3, 0.4) is 0 Å². The summed E-state index contributed by atoms with van der Waals surface area (Å²) in [7, 11) is -2.32. The first-order valence-electron chi connectivity index (χ1n) is 13.5. The van der Waals surface area contributed by atoms with E-state index >= 15 is 0 Å². The number of carbonyl (C=O) groups is 1. The summed E-state index contributed by atoms with van der Waals surface area (Å²) in [6.07, 6.45) is 4.82. The first kappa shape index (κ1) is 29.7. The van der Waals surface area contributed by atoms with Crippen molar-refractivity contribution < 1.29 is 23.4 Å². The molecule has 212 valence electrons. The third-order valence-electron chi connectivity index (χ3n) is 7.42. The van der Waals surface area contributed by atoms with E-state index < -0.39 is 22.1 Å². The van der Waals surface area contributed by atoms with Gasteiger partial charge in [-0.05, 0) is 91.1 Å². The molecule has 1 aliphatic rings. The summed E-state index contributed by atoms with van der Waals surface area (Å²) in [6.45, 7) is 4.52. The van der Waals surface area contributed by atoms with Crippen LogP contribution in [0.15, 0.2) is 83.8 Å². The van der Waals surface area contributed by atoms with Crippen molar-refractivity contribution in [2.24, 2.45) is 5.92 Å². The third kappa shape index (κ3) is 7.67. The molecule has 40 heavy (non-hydrogen) atoms. The van der Waals surface area contributed by atoms with E-state index in [1.54, 1.807) is 30.3 Å². The van der Waals surface area contributed by atoms with Crippen LogP contribution in [0.5, 0.6) is 0 Å². The Hall–Kier alpha value is -3.30. The van der Waals surface area contributed by atoms with E-state index in [2.05, 4.69) is 43.4 Å². The van der Waals surface area contributed by atoms with Gasteiger partial charge in [0.15, 0.2) is 0 Å². The van der Waals surface area contributed by atoms with Crippen molar-refractivity contribution in [1.82, 2.24) is 9.62 Å². The number of carboxylic acid groups (broad SMARTS) is 1. The molecule has 0 fully saturated rings. The molecule has 0 aliphatic heterocycles. The van der Waals surface area contributed by atoms with Crippen LogP contribution in [0.4, 0.5) is 0 Å². The summed E-state index contributed by atoms with van der Waals surface area (Å²) in [6, 6.07) is 22.5. The molecular formula is C32H38N2O5S. The fourth-order valence-corrected chi connectivity index (χ4v) is 6.64. The minimum atomic E-state index is -3.79. The maximum atomic E-state index is 13.2. The van der Waals surface area contributed by atoms with Crippen molar-refractivity contribution in [3.63, 3.8) is 0 Å². The first-order chi connectivity index (χ1) is 18.9. The average molecular weight is 563 g/mol. The molecule has 0 aromatic heterocycles. The summed E-state index contributed by atoms with van der Waals surface area (Å²) >= 11 is 0. The van der Waals surface area contributed by atoms with Gasteiger partial charge < -0.3 is 15.5 Å². The van der Waals surface area contributed by atoms with Gasteiger partial charge >= 0.3 is 5.97 Å². The molecule has 0 saturated carbocycles. The van der Waals surface area contributed by atoms with Crippen LogP contribution in [-0.4, -0.2) is 60.7 Å². The number of carboxylic acids is 1. The molecule has 3 aromatic carbocycles. The molecule has 1 aliphatic carbocycles. The molecule has 4 rings (SSSR count). The zero-order valence-corrected chi connectivity index (χ0v) is 24.1. The number of rotatable bonds is 12. The molecule has 0 amide bonds. The maximum Gasteiger partial charge on any atom is 0.328 e. The van der Waals surface area contributed by atoms with E-state index in [0.29, 0.717) is 5.92 Å². The van der Waals surface area contributed by atoms with Gasteiger partial charge in [-0.2, -0.15) is 4.31 Å². The van der Waals surface area contributed by atoms with Crippen molar-refractivity contribution in [3.05, 3.63) is 95.6 Å². The number of benzene rings is 3. The monoisotopic (exact) mass is 562 g/mol. The molecule has 0 heterocycles. The SMILES string of the molecule is CN(C[C@H](O)CNC(C)(C)CC1Cc2ccccc2C1)S(=O)(=O)c1ccc(-c2cccc(C=CC(=O)O)c2)cc1. The Balaban J connectivity index is 1.31. The van der Waals surface area contributed by atoms with Gasteiger partial charge in [0, 0.05) is 31.8 Å². The van der Waals surface area contributed by atoms with Crippen molar-refractivity contribution in [1.29, 1.82) is 0 Å². The van der Waals surface area contributed by atoms with Crippen LogP contribution in [0, 0.1) is 5.92 Å². The Morgan fingerprint density at radius 3 is 2.30 bits per heavy atom. The fourth-order valence-electron chi connectivity index (χ4n) is 5.43. The summed E-state index contributed by atoms with van der Waals surface area (Å²) < 4.78 is 27.6.